The van der Waals surface area contributed by atoms with Crippen LogP contribution in [-0.2, 0) is 11.3 Å². The van der Waals surface area contributed by atoms with Crippen molar-refractivity contribution in [2.75, 3.05) is 7.11 Å². The highest BCUT2D eigenvalue weighted by molar-refractivity contribution is 5.96. The molecule has 0 N–H and O–H groups in total. The van der Waals surface area contributed by atoms with Crippen LogP contribution in [-0.4, -0.2) is 28.5 Å². The average Bonchev–Trinajstić information content (AvgIpc) is 2.62. The van der Waals surface area contributed by atoms with E-state index < -0.39 is 6.10 Å². The smallest absolute Gasteiger partial charge is 0.226 e. The Balaban J connectivity index is 2.88. The molecule has 4 heteroatoms. The van der Waals surface area contributed by atoms with Crippen molar-refractivity contribution in [3.05, 3.63) is 18.2 Å². The van der Waals surface area contributed by atoms with Gasteiger partial charge in [0.15, 0.2) is 5.82 Å². The first-order chi connectivity index (χ1) is 6.20. The molecule has 0 spiro atoms. The SMILES string of the molecule is CCn1ccnc1C(=O)C(C)OC. The summed E-state index contributed by atoms with van der Waals surface area (Å²) in [7, 11) is 1.52. The molecule has 13 heavy (non-hydrogen) atoms. The molecule has 0 fully saturated rings. The van der Waals surface area contributed by atoms with E-state index in [4.69, 9.17) is 4.74 Å². The van der Waals surface area contributed by atoms with Crippen LogP contribution in [0.25, 0.3) is 0 Å². The number of nitrogens with zero attached hydrogens (tertiary/aromatic N) is 2. The quantitative estimate of drug-likeness (QED) is 0.655. The Morgan fingerprint density at radius 1 is 1.77 bits per heavy atom. The summed E-state index contributed by atoms with van der Waals surface area (Å²) in [6.07, 6.45) is 2.99. The van der Waals surface area contributed by atoms with Gasteiger partial charge >= 0.3 is 0 Å². The summed E-state index contributed by atoms with van der Waals surface area (Å²) in [5, 5.41) is 0. The Kier molecular flexibility index (Phi) is 3.19. The Bertz CT molecular complexity index is 294. The Morgan fingerprint density at radius 3 is 3.00 bits per heavy atom. The maximum absolute atomic E-state index is 11.6. The average molecular weight is 182 g/mol. The van der Waals surface area contributed by atoms with Crippen LogP contribution in [0.15, 0.2) is 12.4 Å². The van der Waals surface area contributed by atoms with Gasteiger partial charge in [-0.1, -0.05) is 0 Å². The van der Waals surface area contributed by atoms with E-state index in [2.05, 4.69) is 4.98 Å². The molecule has 0 aliphatic rings. The summed E-state index contributed by atoms with van der Waals surface area (Å²) in [6, 6.07) is 0. The third-order valence-corrected chi connectivity index (χ3v) is 2.00. The van der Waals surface area contributed by atoms with Gasteiger partial charge in [-0.3, -0.25) is 4.79 Å². The van der Waals surface area contributed by atoms with Crippen LogP contribution in [0.1, 0.15) is 24.5 Å². The van der Waals surface area contributed by atoms with Gasteiger partial charge in [-0.25, -0.2) is 4.98 Å². The second kappa shape index (κ2) is 4.18. The third kappa shape index (κ3) is 1.95. The number of aromatic nitrogens is 2. The Hall–Kier alpha value is -1.16. The lowest BCUT2D eigenvalue weighted by atomic mass is 10.2. The summed E-state index contributed by atoms with van der Waals surface area (Å²) in [5.41, 5.74) is 0. The van der Waals surface area contributed by atoms with Crippen LogP contribution < -0.4 is 0 Å². The fraction of sp³-hybridized carbons (Fsp3) is 0.556. The van der Waals surface area contributed by atoms with Crippen molar-refractivity contribution in [2.45, 2.75) is 26.5 Å². The molecular weight excluding hydrogens is 168 g/mol. The minimum absolute atomic E-state index is 0.0747. The van der Waals surface area contributed by atoms with Gasteiger partial charge in [-0.15, -0.1) is 0 Å². The van der Waals surface area contributed by atoms with Crippen LogP contribution in [0.4, 0.5) is 0 Å². The lowest BCUT2D eigenvalue weighted by Crippen LogP contribution is -2.22. The van der Waals surface area contributed by atoms with Gasteiger partial charge in [0.05, 0.1) is 0 Å². The van der Waals surface area contributed by atoms with Crippen LogP contribution >= 0.6 is 0 Å². The van der Waals surface area contributed by atoms with Gasteiger partial charge in [0, 0.05) is 26.0 Å². The van der Waals surface area contributed by atoms with Crippen molar-refractivity contribution < 1.29 is 9.53 Å². The van der Waals surface area contributed by atoms with Gasteiger partial charge in [-0.05, 0) is 13.8 Å². The first kappa shape index (κ1) is 9.92. The Labute approximate surface area is 77.5 Å². The number of carbonyl (C=O) groups is 1. The molecule has 1 rings (SSSR count). The van der Waals surface area contributed by atoms with E-state index in [-0.39, 0.29) is 5.78 Å². The molecule has 0 saturated heterocycles. The maximum atomic E-state index is 11.6. The number of Topliss-reactive ketones (excluding diaryl/α,β-unsaturated/α-hetero) is 1. The van der Waals surface area contributed by atoms with Gasteiger partial charge in [0.25, 0.3) is 0 Å². The van der Waals surface area contributed by atoms with Crippen molar-refractivity contribution in [1.29, 1.82) is 0 Å². The van der Waals surface area contributed by atoms with E-state index in [0.717, 1.165) is 6.54 Å². The summed E-state index contributed by atoms with van der Waals surface area (Å²) >= 11 is 0. The van der Waals surface area contributed by atoms with Crippen molar-refractivity contribution >= 4 is 5.78 Å². The van der Waals surface area contributed by atoms with E-state index in [1.807, 2.05) is 6.92 Å². The van der Waals surface area contributed by atoms with Gasteiger partial charge in [-0.2, -0.15) is 0 Å². The van der Waals surface area contributed by atoms with Crippen molar-refractivity contribution in [3.8, 4) is 0 Å². The second-order valence-corrected chi connectivity index (χ2v) is 2.78. The van der Waals surface area contributed by atoms with Crippen LogP contribution in [0.2, 0.25) is 0 Å². The fourth-order valence-corrected chi connectivity index (χ4v) is 1.08. The van der Waals surface area contributed by atoms with E-state index >= 15 is 0 Å². The number of ether oxygens (including phenoxy) is 1. The molecule has 0 amide bonds. The predicted molar refractivity (Wildman–Crippen MR) is 48.7 cm³/mol. The molecule has 4 nitrogen and oxygen atoms in total. The molecule has 0 bridgehead atoms. The van der Waals surface area contributed by atoms with Crippen molar-refractivity contribution in [1.82, 2.24) is 9.55 Å². The zero-order chi connectivity index (χ0) is 9.84. The number of carbonyl (C=O) groups excluding carboxylic acids is 1. The first-order valence-corrected chi connectivity index (χ1v) is 4.28. The number of methoxy groups -OCH3 is 1. The number of hydrogen-bond acceptors (Lipinski definition) is 3. The fourth-order valence-electron chi connectivity index (χ4n) is 1.08. The number of hydrogen-bond donors (Lipinski definition) is 0. The van der Waals surface area contributed by atoms with E-state index in [9.17, 15) is 4.79 Å². The second-order valence-electron chi connectivity index (χ2n) is 2.78. The summed E-state index contributed by atoms with van der Waals surface area (Å²) < 4.78 is 6.74. The van der Waals surface area contributed by atoms with E-state index in [1.54, 1.807) is 23.9 Å². The van der Waals surface area contributed by atoms with E-state index in [0.29, 0.717) is 5.82 Å². The van der Waals surface area contributed by atoms with Crippen LogP contribution in [0.3, 0.4) is 0 Å². The zero-order valence-electron chi connectivity index (χ0n) is 8.15. The van der Waals surface area contributed by atoms with E-state index in [1.165, 1.54) is 7.11 Å². The number of rotatable bonds is 4. The molecule has 0 saturated carbocycles. The lowest BCUT2D eigenvalue weighted by Gasteiger charge is -2.08. The first-order valence-electron chi connectivity index (χ1n) is 4.28. The number of aryl methyl sites for hydroxylation is 1. The molecule has 1 unspecified atom stereocenters. The normalized spacial score (nSPS) is 12.8. The highest BCUT2D eigenvalue weighted by Gasteiger charge is 2.18. The molecule has 0 radical (unpaired) electrons. The van der Waals surface area contributed by atoms with Gasteiger partial charge in [0.1, 0.15) is 6.10 Å². The summed E-state index contributed by atoms with van der Waals surface area (Å²) in [4.78, 5) is 15.6. The van der Waals surface area contributed by atoms with Crippen molar-refractivity contribution in [3.63, 3.8) is 0 Å². The molecule has 0 aliphatic carbocycles. The van der Waals surface area contributed by atoms with Gasteiger partial charge < -0.3 is 9.30 Å². The molecule has 1 atom stereocenters. The minimum Gasteiger partial charge on any atom is -0.373 e. The minimum atomic E-state index is -0.423. The van der Waals surface area contributed by atoms with Crippen molar-refractivity contribution in [2.24, 2.45) is 0 Å². The molecule has 72 valence electrons. The molecule has 1 aromatic rings. The highest BCUT2D eigenvalue weighted by atomic mass is 16.5. The maximum Gasteiger partial charge on any atom is 0.226 e. The molecular formula is C9H14N2O2. The number of ketones is 1. The zero-order valence-corrected chi connectivity index (χ0v) is 8.15. The topological polar surface area (TPSA) is 44.1 Å². The Morgan fingerprint density at radius 2 is 2.46 bits per heavy atom. The molecule has 0 aliphatic heterocycles. The summed E-state index contributed by atoms with van der Waals surface area (Å²) in [5.74, 6) is 0.395. The molecule has 0 aromatic carbocycles. The number of imidazole rings is 1. The summed E-state index contributed by atoms with van der Waals surface area (Å²) in [6.45, 7) is 4.43. The molecule has 1 aromatic heterocycles. The highest BCUT2D eigenvalue weighted by Crippen LogP contribution is 2.03. The van der Waals surface area contributed by atoms with Crippen LogP contribution in [0, 0.1) is 0 Å². The third-order valence-electron chi connectivity index (χ3n) is 2.00. The monoisotopic (exact) mass is 182 g/mol. The largest absolute Gasteiger partial charge is 0.373 e. The van der Waals surface area contributed by atoms with Gasteiger partial charge in [0.2, 0.25) is 5.78 Å². The standard InChI is InChI=1S/C9H14N2O2/c1-4-11-6-5-10-9(11)8(12)7(2)13-3/h5-7H,4H2,1-3H3. The lowest BCUT2D eigenvalue weighted by molar-refractivity contribution is 0.0640. The predicted octanol–water partition coefficient (Wildman–Crippen LogP) is 1.12. The molecule has 1 heterocycles. The van der Waals surface area contributed by atoms with Crippen LogP contribution in [0.5, 0.6) is 0 Å².